The van der Waals surface area contributed by atoms with Crippen LogP contribution in [0.2, 0.25) is 0 Å². The molecule has 27 heavy (non-hydrogen) atoms. The molecule has 0 aliphatic heterocycles. The van der Waals surface area contributed by atoms with Gasteiger partial charge < -0.3 is 19.8 Å². The fraction of sp³-hybridized carbons (Fsp3) is 0.333. The highest BCUT2D eigenvalue weighted by atomic mass is 16.5. The number of rotatable bonds is 9. The van der Waals surface area contributed by atoms with Crippen LogP contribution >= 0.6 is 0 Å². The third kappa shape index (κ3) is 7.11. The smallest absolute Gasteiger partial charge is 0.267 e. The van der Waals surface area contributed by atoms with Crippen molar-refractivity contribution in [2.45, 2.75) is 33.3 Å². The molecule has 0 unspecified atom stereocenters. The summed E-state index contributed by atoms with van der Waals surface area (Å²) in [4.78, 5) is 25.0. The standard InChI is InChI=1S/C21H26N2O4/c1-15(2)26-12-6-10-22-21(25)19(14-18-9-5-11-27-18)23-20(24)17-8-4-7-16(3)13-17/h4-5,7-9,11,13-15H,6,10,12H2,1-3H3,(H,22,25)(H,23,24)/b19-14-. The molecular formula is C21H26N2O4. The first-order chi connectivity index (χ1) is 13.0. The molecule has 0 saturated carbocycles. The molecule has 0 spiro atoms. The summed E-state index contributed by atoms with van der Waals surface area (Å²) in [5, 5.41) is 5.47. The monoisotopic (exact) mass is 370 g/mol. The number of carbonyl (C=O) groups is 2. The third-order valence-electron chi connectivity index (χ3n) is 3.66. The lowest BCUT2D eigenvalue weighted by atomic mass is 10.1. The molecule has 6 nitrogen and oxygen atoms in total. The molecule has 2 rings (SSSR count). The van der Waals surface area contributed by atoms with Gasteiger partial charge in [-0.25, -0.2) is 0 Å². The fourth-order valence-corrected chi connectivity index (χ4v) is 2.34. The molecule has 0 fully saturated rings. The van der Waals surface area contributed by atoms with Crippen LogP contribution in [-0.2, 0) is 9.53 Å². The number of hydrogen-bond acceptors (Lipinski definition) is 4. The van der Waals surface area contributed by atoms with Crippen molar-refractivity contribution in [3.05, 3.63) is 65.2 Å². The number of furan rings is 1. The first kappa shape index (κ1) is 20.5. The van der Waals surface area contributed by atoms with Gasteiger partial charge in [-0.2, -0.15) is 0 Å². The number of benzene rings is 1. The Kier molecular flexibility index (Phi) is 7.82. The van der Waals surface area contributed by atoms with E-state index in [0.29, 0.717) is 30.9 Å². The maximum Gasteiger partial charge on any atom is 0.267 e. The first-order valence-corrected chi connectivity index (χ1v) is 8.98. The summed E-state index contributed by atoms with van der Waals surface area (Å²) in [5.74, 6) is -0.250. The molecule has 1 heterocycles. The first-order valence-electron chi connectivity index (χ1n) is 8.98. The number of ether oxygens (including phenoxy) is 1. The molecule has 0 saturated heterocycles. The van der Waals surface area contributed by atoms with Gasteiger partial charge in [0.1, 0.15) is 11.5 Å². The normalized spacial score (nSPS) is 11.5. The molecular weight excluding hydrogens is 344 g/mol. The molecule has 2 N–H and O–H groups in total. The lowest BCUT2D eigenvalue weighted by Gasteiger charge is -2.12. The number of hydrogen-bond donors (Lipinski definition) is 2. The predicted octanol–water partition coefficient (Wildman–Crippen LogP) is 3.29. The molecule has 1 aromatic carbocycles. The van der Waals surface area contributed by atoms with E-state index in [1.54, 1.807) is 30.3 Å². The van der Waals surface area contributed by atoms with Gasteiger partial charge in [-0.1, -0.05) is 17.7 Å². The zero-order valence-electron chi connectivity index (χ0n) is 16.0. The highest BCUT2D eigenvalue weighted by molar-refractivity contribution is 6.05. The van der Waals surface area contributed by atoms with Gasteiger partial charge in [0.15, 0.2) is 0 Å². The van der Waals surface area contributed by atoms with Gasteiger partial charge in [-0.3, -0.25) is 9.59 Å². The topological polar surface area (TPSA) is 80.6 Å². The summed E-state index contributed by atoms with van der Waals surface area (Å²) >= 11 is 0. The summed E-state index contributed by atoms with van der Waals surface area (Å²) in [6, 6.07) is 10.6. The average Bonchev–Trinajstić information content (AvgIpc) is 3.13. The van der Waals surface area contributed by atoms with Crippen LogP contribution in [0.1, 0.15) is 41.9 Å². The highest BCUT2D eigenvalue weighted by Crippen LogP contribution is 2.09. The summed E-state index contributed by atoms with van der Waals surface area (Å²) in [5.41, 5.74) is 1.58. The second kappa shape index (κ2) is 10.3. The van der Waals surface area contributed by atoms with E-state index in [9.17, 15) is 9.59 Å². The minimum atomic E-state index is -0.378. The molecule has 6 heteroatoms. The number of aryl methyl sites for hydroxylation is 1. The van der Waals surface area contributed by atoms with E-state index in [-0.39, 0.29) is 23.6 Å². The maximum atomic E-state index is 12.5. The molecule has 0 aliphatic carbocycles. The Labute approximate surface area is 159 Å². The van der Waals surface area contributed by atoms with Crippen LogP contribution in [0.5, 0.6) is 0 Å². The van der Waals surface area contributed by atoms with Gasteiger partial charge in [-0.05, 0) is 51.5 Å². The van der Waals surface area contributed by atoms with Crippen molar-refractivity contribution in [3.8, 4) is 0 Å². The average molecular weight is 370 g/mol. The Bertz CT molecular complexity index is 779. The van der Waals surface area contributed by atoms with Crippen molar-refractivity contribution in [1.82, 2.24) is 10.6 Å². The SMILES string of the molecule is Cc1cccc(C(=O)N/C(=C\c2ccco2)C(=O)NCCCOC(C)C)c1. The minimum Gasteiger partial charge on any atom is -0.465 e. The van der Waals surface area contributed by atoms with E-state index in [1.165, 1.54) is 12.3 Å². The predicted molar refractivity (Wildman–Crippen MR) is 104 cm³/mol. The maximum absolute atomic E-state index is 12.5. The van der Waals surface area contributed by atoms with Gasteiger partial charge in [0.25, 0.3) is 11.8 Å². The van der Waals surface area contributed by atoms with Crippen molar-refractivity contribution in [1.29, 1.82) is 0 Å². The van der Waals surface area contributed by atoms with Gasteiger partial charge >= 0.3 is 0 Å². The Balaban J connectivity index is 2.03. The number of amides is 2. The summed E-state index contributed by atoms with van der Waals surface area (Å²) in [6.45, 7) is 6.84. The van der Waals surface area contributed by atoms with Crippen LogP contribution in [0.4, 0.5) is 0 Å². The van der Waals surface area contributed by atoms with Crippen molar-refractivity contribution >= 4 is 17.9 Å². The number of nitrogens with one attached hydrogen (secondary N) is 2. The Hall–Kier alpha value is -2.86. The molecule has 0 bridgehead atoms. The van der Waals surface area contributed by atoms with E-state index >= 15 is 0 Å². The summed E-state index contributed by atoms with van der Waals surface area (Å²) < 4.78 is 10.7. The van der Waals surface area contributed by atoms with Crippen molar-refractivity contribution in [2.24, 2.45) is 0 Å². The molecule has 2 aromatic rings. The third-order valence-corrected chi connectivity index (χ3v) is 3.66. The Morgan fingerprint density at radius 1 is 1.22 bits per heavy atom. The zero-order chi connectivity index (χ0) is 19.6. The lowest BCUT2D eigenvalue weighted by molar-refractivity contribution is -0.117. The van der Waals surface area contributed by atoms with E-state index in [4.69, 9.17) is 9.15 Å². The number of carbonyl (C=O) groups excluding carboxylic acids is 2. The fourth-order valence-electron chi connectivity index (χ4n) is 2.34. The molecule has 2 amide bonds. The van der Waals surface area contributed by atoms with Gasteiger partial charge in [0.2, 0.25) is 0 Å². The molecule has 0 aliphatic rings. The van der Waals surface area contributed by atoms with Crippen LogP contribution in [0.3, 0.4) is 0 Å². The van der Waals surface area contributed by atoms with E-state index in [2.05, 4.69) is 10.6 Å². The summed E-state index contributed by atoms with van der Waals surface area (Å²) in [7, 11) is 0. The van der Waals surface area contributed by atoms with E-state index in [1.807, 2.05) is 26.8 Å². The summed E-state index contributed by atoms with van der Waals surface area (Å²) in [6.07, 6.45) is 3.86. The molecule has 144 valence electrons. The highest BCUT2D eigenvalue weighted by Gasteiger charge is 2.15. The zero-order valence-corrected chi connectivity index (χ0v) is 16.0. The van der Waals surface area contributed by atoms with Crippen molar-refractivity contribution in [3.63, 3.8) is 0 Å². The lowest BCUT2D eigenvalue weighted by Crippen LogP contribution is -2.35. The largest absolute Gasteiger partial charge is 0.465 e. The molecule has 1 aromatic heterocycles. The molecule has 0 atom stereocenters. The van der Waals surface area contributed by atoms with Crippen LogP contribution < -0.4 is 10.6 Å². The van der Waals surface area contributed by atoms with Gasteiger partial charge in [0, 0.05) is 24.8 Å². The quantitative estimate of drug-likeness (QED) is 0.524. The van der Waals surface area contributed by atoms with Crippen molar-refractivity contribution in [2.75, 3.05) is 13.2 Å². The van der Waals surface area contributed by atoms with Crippen LogP contribution in [0.25, 0.3) is 6.08 Å². The second-order valence-electron chi connectivity index (χ2n) is 6.43. The Morgan fingerprint density at radius 2 is 2.04 bits per heavy atom. The van der Waals surface area contributed by atoms with Crippen LogP contribution in [0, 0.1) is 6.92 Å². The van der Waals surface area contributed by atoms with Gasteiger partial charge in [0.05, 0.1) is 12.4 Å². The Morgan fingerprint density at radius 3 is 2.70 bits per heavy atom. The van der Waals surface area contributed by atoms with Crippen LogP contribution in [0.15, 0.2) is 52.8 Å². The second-order valence-corrected chi connectivity index (χ2v) is 6.43. The van der Waals surface area contributed by atoms with Crippen LogP contribution in [-0.4, -0.2) is 31.1 Å². The van der Waals surface area contributed by atoms with Crippen molar-refractivity contribution < 1.29 is 18.7 Å². The molecule has 0 radical (unpaired) electrons. The minimum absolute atomic E-state index is 0.126. The van der Waals surface area contributed by atoms with Gasteiger partial charge in [-0.15, -0.1) is 0 Å². The van der Waals surface area contributed by atoms with E-state index in [0.717, 1.165) is 5.56 Å². The van der Waals surface area contributed by atoms with E-state index < -0.39 is 0 Å².